The number of benzene rings is 1. The van der Waals surface area contributed by atoms with E-state index in [1.807, 2.05) is 24.3 Å². The molecule has 19 heavy (non-hydrogen) atoms. The number of alkyl halides is 3. The van der Waals surface area contributed by atoms with Crippen LogP contribution in [0, 0.1) is 0 Å². The van der Waals surface area contributed by atoms with Crippen LogP contribution in [-0.2, 0) is 6.54 Å². The zero-order chi connectivity index (χ0) is 14.0. The predicted molar refractivity (Wildman–Crippen MR) is 68.7 cm³/mol. The van der Waals surface area contributed by atoms with Crippen molar-refractivity contribution < 1.29 is 18.3 Å². The van der Waals surface area contributed by atoms with E-state index in [1.165, 1.54) is 18.5 Å². The number of hydrogen-bond donors (Lipinski definition) is 1. The van der Waals surface area contributed by atoms with Crippen molar-refractivity contribution in [2.24, 2.45) is 0 Å². The molecular formula is C13H11BrF3NO. The molecule has 1 aromatic heterocycles. The van der Waals surface area contributed by atoms with Gasteiger partial charge >= 0.3 is 6.18 Å². The molecule has 6 heteroatoms. The van der Waals surface area contributed by atoms with Gasteiger partial charge < -0.3 is 9.67 Å². The summed E-state index contributed by atoms with van der Waals surface area (Å²) in [5.41, 5.74) is 0.806. The maximum atomic E-state index is 12.4. The van der Waals surface area contributed by atoms with E-state index in [0.717, 1.165) is 10.0 Å². The van der Waals surface area contributed by atoms with E-state index in [0.29, 0.717) is 6.54 Å². The quantitative estimate of drug-likeness (QED) is 0.905. The topological polar surface area (TPSA) is 25.2 Å². The molecule has 1 aromatic carbocycles. The van der Waals surface area contributed by atoms with E-state index in [2.05, 4.69) is 15.9 Å². The summed E-state index contributed by atoms with van der Waals surface area (Å²) < 4.78 is 39.6. The van der Waals surface area contributed by atoms with Gasteiger partial charge in [-0.05, 0) is 23.8 Å². The molecule has 0 saturated carbocycles. The number of hydrogen-bond acceptors (Lipinski definition) is 1. The van der Waals surface area contributed by atoms with E-state index < -0.39 is 12.3 Å². The Bertz CT molecular complexity index is 565. The molecule has 1 unspecified atom stereocenters. The first-order valence-corrected chi connectivity index (χ1v) is 6.30. The lowest BCUT2D eigenvalue weighted by Gasteiger charge is -2.12. The normalized spacial score (nSPS) is 13.5. The Hall–Kier alpha value is -1.27. The second kappa shape index (κ2) is 5.38. The smallest absolute Gasteiger partial charge is 0.379 e. The van der Waals surface area contributed by atoms with E-state index in [9.17, 15) is 13.2 Å². The highest BCUT2D eigenvalue weighted by molar-refractivity contribution is 9.10. The lowest BCUT2D eigenvalue weighted by molar-refractivity contribution is -0.206. The Labute approximate surface area is 116 Å². The summed E-state index contributed by atoms with van der Waals surface area (Å²) in [7, 11) is 0. The molecule has 1 N–H and O–H groups in total. The first-order chi connectivity index (χ1) is 8.86. The van der Waals surface area contributed by atoms with Crippen molar-refractivity contribution >= 4 is 15.9 Å². The number of aromatic nitrogens is 1. The third kappa shape index (κ3) is 3.61. The minimum atomic E-state index is -4.64. The highest BCUT2D eigenvalue weighted by Gasteiger charge is 2.39. The van der Waals surface area contributed by atoms with Gasteiger partial charge in [-0.2, -0.15) is 13.2 Å². The van der Waals surface area contributed by atoms with Gasteiger partial charge in [-0.1, -0.05) is 28.1 Å². The van der Waals surface area contributed by atoms with Crippen LogP contribution in [0.25, 0.3) is 0 Å². The third-order valence-electron chi connectivity index (χ3n) is 2.65. The Morgan fingerprint density at radius 3 is 2.63 bits per heavy atom. The molecule has 0 aliphatic heterocycles. The molecule has 0 radical (unpaired) electrons. The minimum absolute atomic E-state index is 0.150. The molecule has 0 fully saturated rings. The fourth-order valence-corrected chi connectivity index (χ4v) is 2.20. The molecule has 1 heterocycles. The van der Waals surface area contributed by atoms with Gasteiger partial charge in [0.15, 0.2) is 6.10 Å². The first-order valence-electron chi connectivity index (χ1n) is 5.51. The zero-order valence-electron chi connectivity index (χ0n) is 9.73. The van der Waals surface area contributed by atoms with Crippen LogP contribution in [0.15, 0.2) is 47.2 Å². The van der Waals surface area contributed by atoms with Gasteiger partial charge in [0.2, 0.25) is 0 Å². The van der Waals surface area contributed by atoms with Crippen LogP contribution in [0.3, 0.4) is 0 Å². The van der Waals surface area contributed by atoms with Gasteiger partial charge in [0, 0.05) is 29.0 Å². The molecule has 0 amide bonds. The fourth-order valence-electron chi connectivity index (χ4n) is 1.75. The monoisotopic (exact) mass is 333 g/mol. The predicted octanol–water partition coefficient (Wildman–Crippen LogP) is 3.89. The van der Waals surface area contributed by atoms with Crippen molar-refractivity contribution in [1.82, 2.24) is 4.57 Å². The molecule has 102 valence electrons. The minimum Gasteiger partial charge on any atom is -0.379 e. The van der Waals surface area contributed by atoms with Gasteiger partial charge in [-0.15, -0.1) is 0 Å². The van der Waals surface area contributed by atoms with Crippen LogP contribution in [0.4, 0.5) is 13.2 Å². The van der Waals surface area contributed by atoms with Crippen LogP contribution in [0.5, 0.6) is 0 Å². The standard InChI is InChI=1S/C13H11BrF3NO/c14-11-3-1-2-9(6-11)7-18-5-4-10(8-18)12(19)13(15,16)17/h1-6,8,12,19H,7H2. The SMILES string of the molecule is OC(c1ccn(Cc2cccc(Br)c2)c1)C(F)(F)F. The lowest BCUT2D eigenvalue weighted by atomic mass is 10.2. The molecule has 2 rings (SSSR count). The summed E-state index contributed by atoms with van der Waals surface area (Å²) in [6, 6.07) is 8.77. The second-order valence-electron chi connectivity index (χ2n) is 4.19. The Morgan fingerprint density at radius 2 is 2.00 bits per heavy atom. The van der Waals surface area contributed by atoms with Gasteiger partial charge in [-0.25, -0.2) is 0 Å². The van der Waals surface area contributed by atoms with E-state index in [1.54, 1.807) is 4.57 Å². The molecule has 0 aliphatic rings. The van der Waals surface area contributed by atoms with Gasteiger partial charge in [0.1, 0.15) is 0 Å². The number of halogens is 4. The summed E-state index contributed by atoms with van der Waals surface area (Å²) in [4.78, 5) is 0. The van der Waals surface area contributed by atoms with Crippen LogP contribution in [0.2, 0.25) is 0 Å². The molecule has 0 saturated heterocycles. The van der Waals surface area contributed by atoms with Crippen molar-refractivity contribution in [2.75, 3.05) is 0 Å². The zero-order valence-corrected chi connectivity index (χ0v) is 11.3. The van der Waals surface area contributed by atoms with Gasteiger partial charge in [0.25, 0.3) is 0 Å². The number of rotatable bonds is 3. The number of nitrogens with zero attached hydrogens (tertiary/aromatic N) is 1. The van der Waals surface area contributed by atoms with Crippen molar-refractivity contribution in [3.05, 3.63) is 58.3 Å². The third-order valence-corrected chi connectivity index (χ3v) is 3.15. The molecular weight excluding hydrogens is 323 g/mol. The summed E-state index contributed by atoms with van der Waals surface area (Å²) in [6.07, 6.45) is -4.25. The van der Waals surface area contributed by atoms with Crippen molar-refractivity contribution in [2.45, 2.75) is 18.8 Å². The average Bonchev–Trinajstić information content (AvgIpc) is 2.75. The molecule has 2 aromatic rings. The Morgan fingerprint density at radius 1 is 1.26 bits per heavy atom. The Balaban J connectivity index is 2.14. The highest BCUT2D eigenvalue weighted by Crippen LogP contribution is 2.32. The van der Waals surface area contributed by atoms with Crippen molar-refractivity contribution in [1.29, 1.82) is 0 Å². The lowest BCUT2D eigenvalue weighted by Crippen LogP contribution is -2.19. The van der Waals surface area contributed by atoms with Crippen molar-refractivity contribution in [3.8, 4) is 0 Å². The molecule has 2 nitrogen and oxygen atoms in total. The van der Waals surface area contributed by atoms with Gasteiger partial charge in [-0.3, -0.25) is 0 Å². The van der Waals surface area contributed by atoms with Crippen molar-refractivity contribution in [3.63, 3.8) is 0 Å². The van der Waals surface area contributed by atoms with Crippen LogP contribution in [-0.4, -0.2) is 15.8 Å². The van der Waals surface area contributed by atoms with Crippen LogP contribution >= 0.6 is 15.9 Å². The Kier molecular flexibility index (Phi) is 4.01. The van der Waals surface area contributed by atoms with E-state index in [-0.39, 0.29) is 5.56 Å². The maximum absolute atomic E-state index is 12.4. The summed E-state index contributed by atoms with van der Waals surface area (Å²) in [6.45, 7) is 0.448. The molecule has 0 spiro atoms. The summed E-state index contributed by atoms with van der Waals surface area (Å²) >= 11 is 3.33. The number of aliphatic hydroxyl groups is 1. The first kappa shape index (κ1) is 14.1. The fraction of sp³-hybridized carbons (Fsp3) is 0.231. The van der Waals surface area contributed by atoms with Crippen LogP contribution in [0.1, 0.15) is 17.2 Å². The summed E-state index contributed by atoms with van der Waals surface area (Å²) in [5.74, 6) is 0. The number of aliphatic hydroxyl groups excluding tert-OH is 1. The van der Waals surface area contributed by atoms with E-state index in [4.69, 9.17) is 5.11 Å². The highest BCUT2D eigenvalue weighted by atomic mass is 79.9. The molecule has 0 bridgehead atoms. The second-order valence-corrected chi connectivity index (χ2v) is 5.11. The molecule has 1 atom stereocenters. The maximum Gasteiger partial charge on any atom is 0.418 e. The summed E-state index contributed by atoms with van der Waals surface area (Å²) in [5, 5.41) is 9.13. The van der Waals surface area contributed by atoms with E-state index >= 15 is 0 Å². The van der Waals surface area contributed by atoms with Crippen LogP contribution < -0.4 is 0 Å². The van der Waals surface area contributed by atoms with Gasteiger partial charge in [0.05, 0.1) is 0 Å². The largest absolute Gasteiger partial charge is 0.418 e. The molecule has 0 aliphatic carbocycles. The average molecular weight is 334 g/mol.